The minimum absolute atomic E-state index is 0.163. The second-order valence-corrected chi connectivity index (χ2v) is 2.82. The number of benzene rings is 1. The Kier molecular flexibility index (Phi) is 3.69. The van der Waals surface area contributed by atoms with Gasteiger partial charge in [-0.2, -0.15) is 5.26 Å². The molecule has 4 nitrogen and oxygen atoms in total. The van der Waals surface area contributed by atoms with Crippen LogP contribution in [0.5, 0.6) is 11.5 Å². The first-order valence-electron chi connectivity index (χ1n) is 4.35. The van der Waals surface area contributed by atoms with Crippen molar-refractivity contribution in [1.82, 2.24) is 0 Å². The third kappa shape index (κ3) is 2.47. The van der Waals surface area contributed by atoms with Gasteiger partial charge >= 0.3 is 0 Å². The topological polar surface area (TPSA) is 59.3 Å². The number of carbonyl (C=O) groups excluding carboxylic acids is 1. The number of nitriles is 1. The average molecular weight is 205 g/mol. The zero-order valence-corrected chi connectivity index (χ0v) is 8.61. The molecule has 15 heavy (non-hydrogen) atoms. The van der Waals surface area contributed by atoms with Crippen LogP contribution in [0, 0.1) is 11.3 Å². The first-order chi connectivity index (χ1) is 7.22. The van der Waals surface area contributed by atoms with Gasteiger partial charge in [-0.1, -0.05) is 0 Å². The van der Waals surface area contributed by atoms with E-state index in [9.17, 15) is 4.79 Å². The summed E-state index contributed by atoms with van der Waals surface area (Å²) in [6.07, 6.45) is -0.163. The van der Waals surface area contributed by atoms with Crippen molar-refractivity contribution >= 4 is 5.78 Å². The molecule has 0 bridgehead atoms. The molecule has 0 saturated carbocycles. The predicted octanol–water partition coefficient (Wildman–Crippen LogP) is 1.80. The van der Waals surface area contributed by atoms with Crippen LogP contribution < -0.4 is 9.47 Å². The number of rotatable bonds is 4. The van der Waals surface area contributed by atoms with Gasteiger partial charge in [0.25, 0.3) is 0 Å². The molecule has 0 aliphatic heterocycles. The van der Waals surface area contributed by atoms with Crippen LogP contribution in [-0.4, -0.2) is 20.0 Å². The summed E-state index contributed by atoms with van der Waals surface area (Å²) in [6.45, 7) is 0. The summed E-state index contributed by atoms with van der Waals surface area (Å²) >= 11 is 0. The molecule has 0 radical (unpaired) electrons. The lowest BCUT2D eigenvalue weighted by molar-refractivity contribution is 0.0994. The summed E-state index contributed by atoms with van der Waals surface area (Å²) in [6, 6.07) is 6.72. The molecule has 78 valence electrons. The maximum absolute atomic E-state index is 11.5. The predicted molar refractivity (Wildman–Crippen MR) is 54.1 cm³/mol. The second-order valence-electron chi connectivity index (χ2n) is 2.82. The number of carbonyl (C=O) groups is 1. The van der Waals surface area contributed by atoms with Crippen molar-refractivity contribution in [2.24, 2.45) is 0 Å². The summed E-state index contributed by atoms with van der Waals surface area (Å²) in [5.74, 6) is 0.751. The summed E-state index contributed by atoms with van der Waals surface area (Å²) < 4.78 is 10.0. The lowest BCUT2D eigenvalue weighted by atomic mass is 10.1. The van der Waals surface area contributed by atoms with Crippen LogP contribution in [0.3, 0.4) is 0 Å². The van der Waals surface area contributed by atoms with E-state index in [-0.39, 0.29) is 12.2 Å². The third-order valence-electron chi connectivity index (χ3n) is 1.95. The Hall–Kier alpha value is -2.02. The molecule has 0 aliphatic rings. The highest BCUT2D eigenvalue weighted by Gasteiger charge is 2.12. The van der Waals surface area contributed by atoms with E-state index in [1.807, 2.05) is 6.07 Å². The van der Waals surface area contributed by atoms with Gasteiger partial charge in [-0.05, 0) is 18.2 Å². The summed E-state index contributed by atoms with van der Waals surface area (Å²) in [7, 11) is 2.99. The Morgan fingerprint density at radius 1 is 1.40 bits per heavy atom. The summed E-state index contributed by atoms with van der Waals surface area (Å²) in [4.78, 5) is 11.5. The van der Waals surface area contributed by atoms with Crippen molar-refractivity contribution in [1.29, 1.82) is 5.26 Å². The van der Waals surface area contributed by atoms with Crippen molar-refractivity contribution in [3.63, 3.8) is 0 Å². The van der Waals surface area contributed by atoms with Gasteiger partial charge in [-0.15, -0.1) is 0 Å². The highest BCUT2D eigenvalue weighted by molar-refractivity contribution is 6.00. The molecule has 0 N–H and O–H groups in total. The summed E-state index contributed by atoms with van der Waals surface area (Å²) in [5.41, 5.74) is 0.374. The fraction of sp³-hybridized carbons (Fsp3) is 0.273. The first kappa shape index (κ1) is 11.1. The van der Waals surface area contributed by atoms with E-state index < -0.39 is 0 Å². The van der Waals surface area contributed by atoms with E-state index in [4.69, 9.17) is 14.7 Å². The molecule has 0 amide bonds. The van der Waals surface area contributed by atoms with Gasteiger partial charge in [0.15, 0.2) is 5.78 Å². The Morgan fingerprint density at radius 3 is 2.67 bits per heavy atom. The quantitative estimate of drug-likeness (QED) is 0.703. The van der Waals surface area contributed by atoms with Gasteiger partial charge in [0.05, 0.1) is 32.3 Å². The summed E-state index contributed by atoms with van der Waals surface area (Å²) in [5, 5.41) is 8.45. The molecule has 1 aromatic rings. The Morgan fingerprint density at radius 2 is 2.13 bits per heavy atom. The second kappa shape index (κ2) is 5.01. The lowest BCUT2D eigenvalue weighted by Crippen LogP contribution is -2.01. The van der Waals surface area contributed by atoms with E-state index in [0.29, 0.717) is 17.1 Å². The molecule has 0 aromatic heterocycles. The Balaban J connectivity index is 3.12. The van der Waals surface area contributed by atoms with Crippen molar-refractivity contribution in [2.45, 2.75) is 6.42 Å². The lowest BCUT2D eigenvalue weighted by Gasteiger charge is -2.07. The van der Waals surface area contributed by atoms with Gasteiger partial charge in [0, 0.05) is 0 Å². The van der Waals surface area contributed by atoms with Crippen LogP contribution in [0.2, 0.25) is 0 Å². The SMILES string of the molecule is COc1ccc(OC)c(C(=O)CC#N)c1. The van der Waals surface area contributed by atoms with Crippen LogP contribution in [0.4, 0.5) is 0 Å². The molecule has 0 unspecified atom stereocenters. The first-order valence-corrected chi connectivity index (χ1v) is 4.35. The molecule has 4 heteroatoms. The van der Waals surface area contributed by atoms with E-state index in [0.717, 1.165) is 0 Å². The fourth-order valence-corrected chi connectivity index (χ4v) is 1.20. The molecule has 1 aromatic carbocycles. The molecule has 1 rings (SSSR count). The van der Waals surface area contributed by atoms with E-state index in [1.54, 1.807) is 18.2 Å². The number of nitrogens with zero attached hydrogens (tertiary/aromatic N) is 1. The standard InChI is InChI=1S/C11H11NO3/c1-14-8-3-4-11(15-2)9(7-8)10(13)5-6-12/h3-4,7H,5H2,1-2H3. The van der Waals surface area contributed by atoms with Gasteiger partial charge in [-0.25, -0.2) is 0 Å². The number of ketones is 1. The van der Waals surface area contributed by atoms with Crippen molar-refractivity contribution in [3.8, 4) is 17.6 Å². The minimum Gasteiger partial charge on any atom is -0.497 e. The number of methoxy groups -OCH3 is 2. The highest BCUT2D eigenvalue weighted by Crippen LogP contribution is 2.24. The average Bonchev–Trinajstić information content (AvgIpc) is 2.28. The van der Waals surface area contributed by atoms with Crippen molar-refractivity contribution in [2.75, 3.05) is 14.2 Å². The van der Waals surface area contributed by atoms with Gasteiger partial charge < -0.3 is 9.47 Å². The monoisotopic (exact) mass is 205 g/mol. The number of hydrogen-bond donors (Lipinski definition) is 0. The van der Waals surface area contributed by atoms with Gasteiger partial charge in [0.1, 0.15) is 11.5 Å². The maximum Gasteiger partial charge on any atom is 0.180 e. The maximum atomic E-state index is 11.5. The molecule has 0 heterocycles. The minimum atomic E-state index is -0.270. The van der Waals surface area contributed by atoms with E-state index in [2.05, 4.69) is 0 Å². The molecule has 0 atom stereocenters. The molecular formula is C11H11NO3. The smallest absolute Gasteiger partial charge is 0.180 e. The number of ether oxygens (including phenoxy) is 2. The zero-order chi connectivity index (χ0) is 11.3. The van der Waals surface area contributed by atoms with Crippen LogP contribution in [0.1, 0.15) is 16.8 Å². The highest BCUT2D eigenvalue weighted by atomic mass is 16.5. The molecular weight excluding hydrogens is 194 g/mol. The fourth-order valence-electron chi connectivity index (χ4n) is 1.20. The number of Topliss-reactive ketones (excluding diaryl/α,β-unsaturated/α-hetero) is 1. The third-order valence-corrected chi connectivity index (χ3v) is 1.95. The van der Waals surface area contributed by atoms with Gasteiger partial charge in [0.2, 0.25) is 0 Å². The molecule has 0 aliphatic carbocycles. The van der Waals surface area contributed by atoms with Crippen molar-refractivity contribution in [3.05, 3.63) is 23.8 Å². The van der Waals surface area contributed by atoms with Crippen LogP contribution in [0.15, 0.2) is 18.2 Å². The zero-order valence-electron chi connectivity index (χ0n) is 8.61. The number of hydrogen-bond acceptors (Lipinski definition) is 4. The molecule has 0 saturated heterocycles. The van der Waals surface area contributed by atoms with Gasteiger partial charge in [-0.3, -0.25) is 4.79 Å². The Labute approximate surface area is 88.0 Å². The molecule has 0 fully saturated rings. The van der Waals surface area contributed by atoms with Crippen LogP contribution in [0.25, 0.3) is 0 Å². The van der Waals surface area contributed by atoms with E-state index >= 15 is 0 Å². The Bertz CT molecular complexity index is 407. The van der Waals surface area contributed by atoms with E-state index in [1.165, 1.54) is 14.2 Å². The molecule has 0 spiro atoms. The van der Waals surface area contributed by atoms with Crippen LogP contribution in [-0.2, 0) is 0 Å². The van der Waals surface area contributed by atoms with Crippen LogP contribution >= 0.6 is 0 Å². The largest absolute Gasteiger partial charge is 0.497 e. The normalized spacial score (nSPS) is 9.13. The van der Waals surface area contributed by atoms with Crippen molar-refractivity contribution < 1.29 is 14.3 Å².